The Kier molecular flexibility index (Phi) is 4.55. The fourth-order valence-corrected chi connectivity index (χ4v) is 3.75. The Bertz CT molecular complexity index is 1130. The average molecular weight is 376 g/mol. The third kappa shape index (κ3) is 3.15. The molecule has 1 amide bonds. The molecule has 7 nitrogen and oxygen atoms in total. The minimum atomic E-state index is -0.264. The van der Waals surface area contributed by atoms with Crippen molar-refractivity contribution in [2.75, 3.05) is 11.6 Å². The number of hydrogen-bond donors (Lipinski definition) is 1. The van der Waals surface area contributed by atoms with Gasteiger partial charge >= 0.3 is 0 Å². The summed E-state index contributed by atoms with van der Waals surface area (Å²) in [6.07, 6.45) is 3.72. The summed E-state index contributed by atoms with van der Waals surface area (Å²) in [6.45, 7) is 0. The maximum Gasteiger partial charge on any atom is 0.259 e. The molecule has 0 bridgehead atoms. The van der Waals surface area contributed by atoms with E-state index in [1.54, 1.807) is 13.2 Å². The van der Waals surface area contributed by atoms with Crippen LogP contribution in [0.25, 0.3) is 22.0 Å². The predicted octanol–water partition coefficient (Wildman–Crippen LogP) is 3.40. The first kappa shape index (κ1) is 17.2. The Morgan fingerprint density at radius 1 is 1.15 bits per heavy atom. The molecule has 4 rings (SSSR count). The van der Waals surface area contributed by atoms with Crippen LogP contribution in [0.4, 0.5) is 5.95 Å². The SMILES string of the molecule is CSc1c(C(=O)Nc2nnnn2C)cc2cccnc2c1-c1ccccc1. The van der Waals surface area contributed by atoms with Gasteiger partial charge in [-0.05, 0) is 34.4 Å². The maximum absolute atomic E-state index is 13.0. The number of fused-ring (bicyclic) bond motifs is 1. The van der Waals surface area contributed by atoms with Crippen molar-refractivity contribution in [3.8, 4) is 11.1 Å². The molecule has 0 unspecified atom stereocenters. The van der Waals surface area contributed by atoms with Crippen molar-refractivity contribution in [2.45, 2.75) is 4.90 Å². The van der Waals surface area contributed by atoms with Crippen LogP contribution in [-0.4, -0.2) is 37.4 Å². The van der Waals surface area contributed by atoms with Crippen LogP contribution in [0.1, 0.15) is 10.4 Å². The number of amides is 1. The van der Waals surface area contributed by atoms with Crippen LogP contribution in [0.2, 0.25) is 0 Å². The number of nitrogens with one attached hydrogen (secondary N) is 1. The first-order valence-corrected chi connectivity index (χ1v) is 9.46. The zero-order valence-electron chi connectivity index (χ0n) is 14.7. The third-order valence-corrected chi connectivity index (χ3v) is 5.04. The Hall–Kier alpha value is -3.26. The van der Waals surface area contributed by atoms with Gasteiger partial charge in [0.2, 0.25) is 5.95 Å². The fraction of sp³-hybridized carbons (Fsp3) is 0.105. The van der Waals surface area contributed by atoms with Gasteiger partial charge in [-0.1, -0.05) is 41.5 Å². The van der Waals surface area contributed by atoms with Gasteiger partial charge in [-0.25, -0.2) is 4.68 Å². The number of carbonyl (C=O) groups excluding carboxylic acids is 1. The van der Waals surface area contributed by atoms with Gasteiger partial charge in [0, 0.05) is 29.1 Å². The number of pyridine rings is 1. The molecule has 0 spiro atoms. The number of aryl methyl sites for hydroxylation is 1. The Morgan fingerprint density at radius 2 is 1.96 bits per heavy atom. The molecule has 4 aromatic rings. The average Bonchev–Trinajstić information content (AvgIpc) is 3.11. The van der Waals surface area contributed by atoms with Crippen LogP contribution in [0.5, 0.6) is 0 Å². The number of hydrogen-bond acceptors (Lipinski definition) is 6. The molecular formula is C19H16N6OS. The molecule has 2 aromatic carbocycles. The molecule has 0 saturated carbocycles. The third-order valence-electron chi connectivity index (χ3n) is 4.20. The van der Waals surface area contributed by atoms with E-state index in [4.69, 9.17) is 0 Å². The highest BCUT2D eigenvalue weighted by molar-refractivity contribution is 7.98. The van der Waals surface area contributed by atoms with Gasteiger partial charge in [0.1, 0.15) is 0 Å². The van der Waals surface area contributed by atoms with Crippen molar-refractivity contribution in [2.24, 2.45) is 7.05 Å². The van der Waals surface area contributed by atoms with Crippen LogP contribution in [0.3, 0.4) is 0 Å². The van der Waals surface area contributed by atoms with E-state index in [-0.39, 0.29) is 5.91 Å². The minimum Gasteiger partial charge on any atom is -0.289 e. The van der Waals surface area contributed by atoms with Crippen molar-refractivity contribution in [1.82, 2.24) is 25.2 Å². The van der Waals surface area contributed by atoms with E-state index in [9.17, 15) is 4.79 Å². The number of nitrogens with zero attached hydrogens (tertiary/aromatic N) is 5. The van der Waals surface area contributed by atoms with Gasteiger partial charge in [0.25, 0.3) is 5.91 Å². The summed E-state index contributed by atoms with van der Waals surface area (Å²) >= 11 is 1.52. The molecule has 0 fully saturated rings. The van der Waals surface area contributed by atoms with E-state index in [1.165, 1.54) is 16.4 Å². The number of anilines is 1. The lowest BCUT2D eigenvalue weighted by atomic mass is 9.98. The van der Waals surface area contributed by atoms with Crippen LogP contribution >= 0.6 is 11.8 Å². The summed E-state index contributed by atoms with van der Waals surface area (Å²) in [5.41, 5.74) is 3.39. The molecule has 0 aliphatic carbocycles. The molecule has 0 aliphatic rings. The molecule has 1 N–H and O–H groups in total. The van der Waals surface area contributed by atoms with Crippen molar-refractivity contribution in [1.29, 1.82) is 0 Å². The summed E-state index contributed by atoms with van der Waals surface area (Å²) in [5, 5.41) is 14.8. The van der Waals surface area contributed by atoms with Gasteiger partial charge < -0.3 is 0 Å². The Balaban J connectivity index is 1.93. The van der Waals surface area contributed by atoms with E-state index >= 15 is 0 Å². The lowest BCUT2D eigenvalue weighted by Gasteiger charge is -2.16. The predicted molar refractivity (Wildman–Crippen MR) is 106 cm³/mol. The van der Waals surface area contributed by atoms with Crippen LogP contribution in [0, 0.1) is 0 Å². The van der Waals surface area contributed by atoms with E-state index in [2.05, 4.69) is 25.8 Å². The van der Waals surface area contributed by atoms with Gasteiger partial charge in [0.05, 0.1) is 11.1 Å². The second-order valence-electron chi connectivity index (χ2n) is 5.85. The van der Waals surface area contributed by atoms with E-state index in [0.29, 0.717) is 11.5 Å². The van der Waals surface area contributed by atoms with Crippen LogP contribution in [-0.2, 0) is 7.05 Å². The molecule has 0 atom stereocenters. The number of thioether (sulfide) groups is 1. The second-order valence-corrected chi connectivity index (χ2v) is 6.67. The van der Waals surface area contributed by atoms with Gasteiger partial charge in [-0.3, -0.25) is 15.1 Å². The van der Waals surface area contributed by atoms with E-state index in [0.717, 1.165) is 26.9 Å². The molecule has 0 radical (unpaired) electrons. The van der Waals surface area contributed by atoms with E-state index < -0.39 is 0 Å². The maximum atomic E-state index is 13.0. The minimum absolute atomic E-state index is 0.264. The first-order chi connectivity index (χ1) is 13.2. The monoisotopic (exact) mass is 376 g/mol. The van der Waals surface area contributed by atoms with Gasteiger partial charge in [0.15, 0.2) is 0 Å². The highest BCUT2D eigenvalue weighted by atomic mass is 32.2. The summed E-state index contributed by atoms with van der Waals surface area (Å²) in [4.78, 5) is 18.5. The summed E-state index contributed by atoms with van der Waals surface area (Å²) in [7, 11) is 1.67. The zero-order valence-corrected chi connectivity index (χ0v) is 15.6. The Labute approximate surface area is 159 Å². The van der Waals surface area contributed by atoms with Crippen molar-refractivity contribution in [3.05, 3.63) is 60.3 Å². The van der Waals surface area contributed by atoms with Gasteiger partial charge in [-0.2, -0.15) is 0 Å². The molecular weight excluding hydrogens is 360 g/mol. The molecule has 2 aromatic heterocycles. The first-order valence-electron chi connectivity index (χ1n) is 8.24. The summed E-state index contributed by atoms with van der Waals surface area (Å²) in [6, 6.07) is 15.7. The topological polar surface area (TPSA) is 85.6 Å². The molecule has 0 saturated heterocycles. The summed E-state index contributed by atoms with van der Waals surface area (Å²) in [5.74, 6) is 0.0276. The number of tetrazole rings is 1. The number of benzene rings is 2. The molecule has 134 valence electrons. The standard InChI is InChI=1S/C19H16N6OS/c1-25-19(22-23-24-25)21-18(26)14-11-13-9-6-10-20-16(13)15(17(14)27-2)12-7-4-3-5-8-12/h3-11H,1-2H3,(H,21,22,24,26). The summed E-state index contributed by atoms with van der Waals surface area (Å²) < 4.78 is 1.41. The van der Waals surface area contributed by atoms with Crippen molar-refractivity contribution in [3.63, 3.8) is 0 Å². The second kappa shape index (κ2) is 7.16. The number of rotatable bonds is 4. The van der Waals surface area contributed by atoms with Crippen LogP contribution < -0.4 is 5.32 Å². The molecule has 0 aliphatic heterocycles. The quantitative estimate of drug-likeness (QED) is 0.550. The van der Waals surface area contributed by atoms with Crippen molar-refractivity contribution >= 4 is 34.5 Å². The lowest BCUT2D eigenvalue weighted by molar-refractivity contribution is 0.102. The molecule has 27 heavy (non-hydrogen) atoms. The smallest absolute Gasteiger partial charge is 0.259 e. The number of aromatic nitrogens is 5. The molecule has 2 heterocycles. The normalized spacial score (nSPS) is 10.9. The van der Waals surface area contributed by atoms with Crippen molar-refractivity contribution < 1.29 is 4.79 Å². The molecule has 8 heteroatoms. The highest BCUT2D eigenvalue weighted by Crippen LogP contribution is 2.38. The van der Waals surface area contributed by atoms with E-state index in [1.807, 2.05) is 54.8 Å². The Morgan fingerprint density at radius 3 is 2.67 bits per heavy atom. The van der Waals surface area contributed by atoms with Crippen LogP contribution in [0.15, 0.2) is 59.6 Å². The van der Waals surface area contributed by atoms with Gasteiger partial charge in [-0.15, -0.1) is 11.8 Å². The lowest BCUT2D eigenvalue weighted by Crippen LogP contribution is -2.16. The zero-order chi connectivity index (χ0) is 18.8. The largest absolute Gasteiger partial charge is 0.289 e. The highest BCUT2D eigenvalue weighted by Gasteiger charge is 2.21. The fourth-order valence-electron chi connectivity index (χ4n) is 2.96. The number of carbonyl (C=O) groups is 1.